The van der Waals surface area contributed by atoms with Gasteiger partial charge in [0.15, 0.2) is 0 Å². The Kier molecular flexibility index (Phi) is 5.41. The molecular weight excluding hydrogens is 339 g/mol. The monoisotopic (exact) mass is 356 g/mol. The van der Waals surface area contributed by atoms with E-state index in [1.54, 1.807) is 6.92 Å². The number of hydrogen-bond acceptors (Lipinski definition) is 3. The molecule has 0 aromatic heterocycles. The van der Waals surface area contributed by atoms with Crippen molar-refractivity contribution in [3.63, 3.8) is 0 Å². The molecule has 3 rings (SSSR count). The second-order valence-corrected chi connectivity index (χ2v) is 7.18. The Labute approximate surface area is 141 Å². The smallest absolute Gasteiger partial charge is 0.241 e. The van der Waals surface area contributed by atoms with Crippen molar-refractivity contribution >= 4 is 22.4 Å². The molecule has 0 saturated heterocycles. The van der Waals surface area contributed by atoms with Crippen LogP contribution in [0.25, 0.3) is 0 Å². The van der Waals surface area contributed by atoms with Crippen molar-refractivity contribution in [2.24, 2.45) is 0 Å². The van der Waals surface area contributed by atoms with Crippen LogP contribution in [0.4, 0.5) is 4.39 Å². The highest BCUT2D eigenvalue weighted by molar-refractivity contribution is 7.89. The summed E-state index contributed by atoms with van der Waals surface area (Å²) in [5.41, 5.74) is 3.85. The third-order valence-corrected chi connectivity index (χ3v) is 5.35. The number of sulfonamides is 1. The zero-order chi connectivity index (χ0) is 15.7. The van der Waals surface area contributed by atoms with Gasteiger partial charge in [0.25, 0.3) is 0 Å². The van der Waals surface area contributed by atoms with Crippen molar-refractivity contribution in [1.82, 2.24) is 10.0 Å². The third-order valence-electron chi connectivity index (χ3n) is 3.81. The second kappa shape index (κ2) is 6.97. The highest BCUT2D eigenvalue weighted by atomic mass is 35.5. The maximum absolute atomic E-state index is 13.3. The molecule has 124 valence electrons. The van der Waals surface area contributed by atoms with Gasteiger partial charge in [-0.1, -0.05) is 24.3 Å². The number of rotatable bonds is 4. The molecule has 0 atom stereocenters. The lowest BCUT2D eigenvalue weighted by Crippen LogP contribution is -2.24. The lowest BCUT2D eigenvalue weighted by molar-refractivity contribution is 0.576. The van der Waals surface area contributed by atoms with E-state index < -0.39 is 15.8 Å². The van der Waals surface area contributed by atoms with Crippen LogP contribution in [0, 0.1) is 12.7 Å². The van der Waals surface area contributed by atoms with Crippen molar-refractivity contribution in [2.45, 2.75) is 31.5 Å². The molecule has 0 bridgehead atoms. The van der Waals surface area contributed by atoms with Crippen LogP contribution >= 0.6 is 12.4 Å². The van der Waals surface area contributed by atoms with Crippen LogP contribution in [-0.2, 0) is 29.7 Å². The minimum absolute atomic E-state index is 0. The Morgan fingerprint density at radius 3 is 2.65 bits per heavy atom. The number of fused-ring (bicyclic) bond motifs is 1. The Hall–Kier alpha value is -1.47. The SMILES string of the molecule is Cc1ccc(F)cc1S(=O)(=O)NCc1ccc2c(c1)CNC2.Cl. The number of halogens is 2. The lowest BCUT2D eigenvalue weighted by atomic mass is 10.1. The van der Waals surface area contributed by atoms with Crippen molar-refractivity contribution in [1.29, 1.82) is 0 Å². The Morgan fingerprint density at radius 1 is 1.13 bits per heavy atom. The first kappa shape index (κ1) is 17.9. The molecule has 2 aromatic rings. The Morgan fingerprint density at radius 2 is 1.87 bits per heavy atom. The first-order chi connectivity index (χ1) is 10.5. The van der Waals surface area contributed by atoms with Gasteiger partial charge in [0.1, 0.15) is 5.82 Å². The van der Waals surface area contributed by atoms with E-state index in [9.17, 15) is 12.8 Å². The molecule has 7 heteroatoms. The van der Waals surface area contributed by atoms with Gasteiger partial charge in [-0.15, -0.1) is 12.4 Å². The summed E-state index contributed by atoms with van der Waals surface area (Å²) < 4.78 is 40.5. The normalized spacial score (nSPS) is 13.5. The standard InChI is InChI=1S/C16H17FN2O2S.ClH/c1-11-2-5-15(17)7-16(11)22(20,21)19-8-12-3-4-13-9-18-10-14(13)6-12;/h2-7,18-19H,8-10H2,1H3;1H. The molecule has 2 N–H and O–H groups in total. The Bertz CT molecular complexity index is 825. The van der Waals surface area contributed by atoms with Crippen molar-refractivity contribution in [2.75, 3.05) is 0 Å². The second-order valence-electron chi connectivity index (χ2n) is 5.44. The van der Waals surface area contributed by atoms with Crippen LogP contribution < -0.4 is 10.0 Å². The molecule has 0 aliphatic carbocycles. The van der Waals surface area contributed by atoms with Gasteiger partial charge in [-0.3, -0.25) is 0 Å². The zero-order valence-electron chi connectivity index (χ0n) is 12.6. The van der Waals surface area contributed by atoms with Crippen LogP contribution in [0.2, 0.25) is 0 Å². The third kappa shape index (κ3) is 3.90. The topological polar surface area (TPSA) is 58.2 Å². The molecule has 0 fully saturated rings. The quantitative estimate of drug-likeness (QED) is 0.885. The van der Waals surface area contributed by atoms with Crippen LogP contribution in [-0.4, -0.2) is 8.42 Å². The van der Waals surface area contributed by atoms with Crippen molar-refractivity contribution < 1.29 is 12.8 Å². The van der Waals surface area contributed by atoms with Crippen molar-refractivity contribution in [3.8, 4) is 0 Å². The van der Waals surface area contributed by atoms with Crippen LogP contribution in [0.5, 0.6) is 0 Å². The largest absolute Gasteiger partial charge is 0.309 e. The average molecular weight is 357 g/mol. The fraction of sp³-hybridized carbons (Fsp3) is 0.250. The van der Waals surface area contributed by atoms with E-state index in [-0.39, 0.29) is 23.8 Å². The summed E-state index contributed by atoms with van der Waals surface area (Å²) in [7, 11) is -3.73. The van der Waals surface area contributed by atoms with Gasteiger partial charge in [0, 0.05) is 19.6 Å². The number of benzene rings is 2. The minimum atomic E-state index is -3.73. The van der Waals surface area contributed by atoms with Gasteiger partial charge in [0.2, 0.25) is 10.0 Å². The van der Waals surface area contributed by atoms with E-state index in [1.807, 2.05) is 18.2 Å². The van der Waals surface area contributed by atoms with Crippen LogP contribution in [0.1, 0.15) is 22.3 Å². The molecule has 1 aliphatic rings. The number of aryl methyl sites for hydroxylation is 1. The predicted molar refractivity (Wildman–Crippen MR) is 89.4 cm³/mol. The van der Waals surface area contributed by atoms with Crippen molar-refractivity contribution in [3.05, 3.63) is 64.5 Å². The zero-order valence-corrected chi connectivity index (χ0v) is 14.2. The summed E-state index contributed by atoms with van der Waals surface area (Å²) in [6.45, 7) is 3.49. The minimum Gasteiger partial charge on any atom is -0.309 e. The predicted octanol–water partition coefficient (Wildman–Crippen LogP) is 2.64. The molecule has 1 heterocycles. The summed E-state index contributed by atoms with van der Waals surface area (Å²) in [5, 5.41) is 3.25. The van der Waals surface area contributed by atoms with Crippen LogP contribution in [0.15, 0.2) is 41.3 Å². The highest BCUT2D eigenvalue weighted by Crippen LogP contribution is 2.19. The molecule has 23 heavy (non-hydrogen) atoms. The fourth-order valence-electron chi connectivity index (χ4n) is 2.58. The van der Waals surface area contributed by atoms with E-state index in [1.165, 1.54) is 23.3 Å². The van der Waals surface area contributed by atoms with E-state index >= 15 is 0 Å². The maximum Gasteiger partial charge on any atom is 0.241 e. The first-order valence-electron chi connectivity index (χ1n) is 7.03. The summed E-state index contributed by atoms with van der Waals surface area (Å²) in [4.78, 5) is -0.0182. The summed E-state index contributed by atoms with van der Waals surface area (Å²) >= 11 is 0. The molecular formula is C16H18ClFN2O2S. The fourth-order valence-corrected chi connectivity index (χ4v) is 3.85. The lowest BCUT2D eigenvalue weighted by Gasteiger charge is -2.10. The van der Waals surface area contributed by atoms with Gasteiger partial charge in [-0.25, -0.2) is 17.5 Å². The van der Waals surface area contributed by atoms with E-state index in [4.69, 9.17) is 0 Å². The number of nitrogens with one attached hydrogen (secondary N) is 2. The molecule has 0 spiro atoms. The highest BCUT2D eigenvalue weighted by Gasteiger charge is 2.18. The van der Waals surface area contributed by atoms with E-state index in [0.717, 1.165) is 24.7 Å². The summed E-state index contributed by atoms with van der Waals surface area (Å²) in [6, 6.07) is 9.67. The molecule has 0 unspecified atom stereocenters. The molecule has 1 aliphatic heterocycles. The summed E-state index contributed by atoms with van der Waals surface area (Å²) in [5.74, 6) is -0.561. The maximum atomic E-state index is 13.3. The van der Waals surface area contributed by atoms with E-state index in [0.29, 0.717) is 5.56 Å². The first-order valence-corrected chi connectivity index (χ1v) is 8.51. The Balaban J connectivity index is 0.00000192. The molecule has 0 radical (unpaired) electrons. The summed E-state index contributed by atoms with van der Waals surface area (Å²) in [6.07, 6.45) is 0. The van der Waals surface area contributed by atoms with E-state index in [2.05, 4.69) is 10.0 Å². The van der Waals surface area contributed by atoms with Gasteiger partial charge in [-0.05, 0) is 41.3 Å². The molecule has 0 saturated carbocycles. The van der Waals surface area contributed by atoms with Gasteiger partial charge >= 0.3 is 0 Å². The van der Waals surface area contributed by atoms with Gasteiger partial charge < -0.3 is 5.32 Å². The van der Waals surface area contributed by atoms with Crippen LogP contribution in [0.3, 0.4) is 0 Å². The van der Waals surface area contributed by atoms with Gasteiger partial charge in [-0.2, -0.15) is 0 Å². The average Bonchev–Trinajstić information content (AvgIpc) is 2.95. The molecule has 2 aromatic carbocycles. The van der Waals surface area contributed by atoms with Gasteiger partial charge in [0.05, 0.1) is 4.90 Å². The molecule has 0 amide bonds. The molecule has 4 nitrogen and oxygen atoms in total. The number of hydrogen-bond donors (Lipinski definition) is 2.